The van der Waals surface area contributed by atoms with Gasteiger partial charge in [0.05, 0.1) is 5.75 Å². The van der Waals surface area contributed by atoms with Crippen molar-refractivity contribution in [3.8, 4) is 0 Å². The molecular formula is C5H7ClN2O2S. The number of halogens is 1. The van der Waals surface area contributed by atoms with Crippen LogP contribution in [-0.2, 0) is 15.5 Å². The summed E-state index contributed by atoms with van der Waals surface area (Å²) in [4.78, 5) is 0. The van der Waals surface area contributed by atoms with Gasteiger partial charge in [-0.25, -0.2) is 8.42 Å². The van der Waals surface area contributed by atoms with E-state index in [1.807, 2.05) is 0 Å². The second-order valence-corrected chi connectivity index (χ2v) is 4.97. The Balaban J connectivity index is 2.48. The third kappa shape index (κ3) is 3.38. The van der Waals surface area contributed by atoms with Crippen LogP contribution in [0.3, 0.4) is 0 Å². The van der Waals surface area contributed by atoms with E-state index in [0.717, 1.165) is 5.69 Å². The van der Waals surface area contributed by atoms with Gasteiger partial charge in [-0.3, -0.25) is 5.10 Å². The fraction of sp³-hybridized carbons (Fsp3) is 0.400. The molecule has 0 unspecified atom stereocenters. The van der Waals surface area contributed by atoms with Gasteiger partial charge in [-0.05, 0) is 6.07 Å². The Morgan fingerprint density at radius 1 is 1.64 bits per heavy atom. The average molecular weight is 195 g/mol. The Kier molecular flexibility index (Phi) is 2.51. The van der Waals surface area contributed by atoms with Crippen molar-refractivity contribution in [1.82, 2.24) is 10.2 Å². The molecule has 0 radical (unpaired) electrons. The Labute approximate surface area is 69.0 Å². The zero-order chi connectivity index (χ0) is 8.32. The van der Waals surface area contributed by atoms with Crippen LogP contribution in [0, 0.1) is 0 Å². The summed E-state index contributed by atoms with van der Waals surface area (Å²) in [6.07, 6.45) is 1.95. The standard InChI is InChI=1S/C5H7ClN2O2S/c6-11(9,10)4-2-5-1-3-7-8-5/h1,3H,2,4H2,(H,7,8). The first-order valence-corrected chi connectivity index (χ1v) is 5.46. The van der Waals surface area contributed by atoms with Crippen LogP contribution in [-0.4, -0.2) is 24.4 Å². The fourth-order valence-electron chi connectivity index (χ4n) is 0.656. The van der Waals surface area contributed by atoms with Crippen LogP contribution in [0.25, 0.3) is 0 Å². The molecule has 1 heterocycles. The molecule has 0 saturated carbocycles. The second kappa shape index (κ2) is 3.23. The highest BCUT2D eigenvalue weighted by Crippen LogP contribution is 2.01. The van der Waals surface area contributed by atoms with Gasteiger partial charge in [-0.2, -0.15) is 5.10 Å². The van der Waals surface area contributed by atoms with E-state index in [4.69, 9.17) is 10.7 Å². The molecule has 11 heavy (non-hydrogen) atoms. The molecule has 1 N–H and O–H groups in total. The normalized spacial score (nSPS) is 11.7. The monoisotopic (exact) mass is 194 g/mol. The van der Waals surface area contributed by atoms with Gasteiger partial charge in [-0.1, -0.05) is 0 Å². The summed E-state index contributed by atoms with van der Waals surface area (Å²) < 4.78 is 20.9. The van der Waals surface area contributed by atoms with E-state index < -0.39 is 9.05 Å². The van der Waals surface area contributed by atoms with Gasteiger partial charge in [-0.15, -0.1) is 0 Å². The highest BCUT2D eigenvalue weighted by atomic mass is 35.7. The maximum Gasteiger partial charge on any atom is 0.232 e. The first-order chi connectivity index (χ1) is 5.08. The van der Waals surface area contributed by atoms with Crippen molar-refractivity contribution in [2.45, 2.75) is 6.42 Å². The minimum absolute atomic E-state index is 0.0588. The quantitative estimate of drug-likeness (QED) is 0.714. The molecular weight excluding hydrogens is 188 g/mol. The summed E-state index contributed by atoms with van der Waals surface area (Å²) in [5, 5.41) is 6.30. The third-order valence-corrected chi connectivity index (χ3v) is 2.33. The van der Waals surface area contributed by atoms with E-state index in [2.05, 4.69) is 10.2 Å². The van der Waals surface area contributed by atoms with Crippen LogP contribution >= 0.6 is 10.7 Å². The Morgan fingerprint density at radius 2 is 2.36 bits per heavy atom. The number of nitrogens with zero attached hydrogens (tertiary/aromatic N) is 1. The van der Waals surface area contributed by atoms with Crippen LogP contribution in [0.15, 0.2) is 12.3 Å². The van der Waals surface area contributed by atoms with Gasteiger partial charge in [0.1, 0.15) is 0 Å². The number of rotatable bonds is 3. The lowest BCUT2D eigenvalue weighted by Gasteiger charge is -1.91. The predicted molar refractivity (Wildman–Crippen MR) is 41.9 cm³/mol. The lowest BCUT2D eigenvalue weighted by molar-refractivity contribution is 0.608. The highest BCUT2D eigenvalue weighted by molar-refractivity contribution is 8.13. The highest BCUT2D eigenvalue weighted by Gasteiger charge is 2.05. The Bertz CT molecular complexity index is 305. The fourth-order valence-corrected chi connectivity index (χ4v) is 1.35. The maximum atomic E-state index is 10.5. The molecule has 0 saturated heterocycles. The summed E-state index contributed by atoms with van der Waals surface area (Å²) in [6.45, 7) is 0. The van der Waals surface area contributed by atoms with Crippen molar-refractivity contribution in [3.05, 3.63) is 18.0 Å². The minimum Gasteiger partial charge on any atom is -0.283 e. The van der Waals surface area contributed by atoms with E-state index in [1.165, 1.54) is 0 Å². The number of nitrogens with one attached hydrogen (secondary N) is 1. The topological polar surface area (TPSA) is 62.8 Å². The summed E-state index contributed by atoms with van der Waals surface area (Å²) in [6, 6.07) is 1.71. The summed E-state index contributed by atoms with van der Waals surface area (Å²) in [5.74, 6) is -0.0588. The minimum atomic E-state index is -3.38. The number of aryl methyl sites for hydroxylation is 1. The molecule has 0 spiro atoms. The van der Waals surface area contributed by atoms with E-state index >= 15 is 0 Å². The Hall–Kier alpha value is -0.550. The molecule has 62 valence electrons. The molecule has 0 aliphatic rings. The van der Waals surface area contributed by atoms with Crippen molar-refractivity contribution < 1.29 is 8.42 Å². The molecule has 0 atom stereocenters. The van der Waals surface area contributed by atoms with Crippen LogP contribution in [0.5, 0.6) is 0 Å². The number of hydrogen-bond acceptors (Lipinski definition) is 3. The summed E-state index contributed by atoms with van der Waals surface area (Å²) in [7, 11) is 1.61. The second-order valence-electron chi connectivity index (χ2n) is 2.07. The van der Waals surface area contributed by atoms with Gasteiger partial charge >= 0.3 is 0 Å². The van der Waals surface area contributed by atoms with Crippen molar-refractivity contribution in [2.75, 3.05) is 5.75 Å². The maximum absolute atomic E-state index is 10.5. The molecule has 0 aliphatic carbocycles. The molecule has 1 aromatic heterocycles. The molecule has 0 aliphatic heterocycles. The van der Waals surface area contributed by atoms with E-state index in [-0.39, 0.29) is 5.75 Å². The van der Waals surface area contributed by atoms with E-state index in [0.29, 0.717) is 6.42 Å². The van der Waals surface area contributed by atoms with Gasteiger partial charge < -0.3 is 0 Å². The smallest absolute Gasteiger partial charge is 0.232 e. The largest absolute Gasteiger partial charge is 0.283 e. The number of hydrogen-bond donors (Lipinski definition) is 1. The summed E-state index contributed by atoms with van der Waals surface area (Å²) >= 11 is 0. The predicted octanol–water partition coefficient (Wildman–Crippen LogP) is 0.521. The number of aromatic amines is 1. The Morgan fingerprint density at radius 3 is 2.82 bits per heavy atom. The third-order valence-electron chi connectivity index (χ3n) is 1.17. The zero-order valence-corrected chi connectivity index (χ0v) is 7.19. The first-order valence-electron chi connectivity index (χ1n) is 2.98. The SMILES string of the molecule is O=S(=O)(Cl)CCc1ccn[nH]1. The van der Waals surface area contributed by atoms with Crippen molar-refractivity contribution in [3.63, 3.8) is 0 Å². The number of aromatic nitrogens is 2. The van der Waals surface area contributed by atoms with Crippen molar-refractivity contribution >= 4 is 19.7 Å². The van der Waals surface area contributed by atoms with Gasteiger partial charge in [0.2, 0.25) is 9.05 Å². The summed E-state index contributed by atoms with van der Waals surface area (Å²) in [5.41, 5.74) is 0.772. The van der Waals surface area contributed by atoms with Gasteiger partial charge in [0, 0.05) is 29.0 Å². The van der Waals surface area contributed by atoms with Crippen LogP contribution in [0.2, 0.25) is 0 Å². The van der Waals surface area contributed by atoms with Crippen LogP contribution < -0.4 is 0 Å². The van der Waals surface area contributed by atoms with Gasteiger partial charge in [0.25, 0.3) is 0 Å². The molecule has 0 fully saturated rings. The number of H-pyrrole nitrogens is 1. The van der Waals surface area contributed by atoms with Crippen LogP contribution in [0.4, 0.5) is 0 Å². The van der Waals surface area contributed by atoms with Crippen molar-refractivity contribution in [2.24, 2.45) is 0 Å². The molecule has 0 aromatic carbocycles. The van der Waals surface area contributed by atoms with Crippen molar-refractivity contribution in [1.29, 1.82) is 0 Å². The van der Waals surface area contributed by atoms with Crippen LogP contribution in [0.1, 0.15) is 5.69 Å². The molecule has 1 aromatic rings. The first kappa shape index (κ1) is 8.55. The molecule has 4 nitrogen and oxygen atoms in total. The van der Waals surface area contributed by atoms with Gasteiger partial charge in [0.15, 0.2) is 0 Å². The lowest BCUT2D eigenvalue weighted by atomic mass is 10.3. The molecule has 6 heteroatoms. The molecule has 0 bridgehead atoms. The van der Waals surface area contributed by atoms with E-state index in [1.54, 1.807) is 12.3 Å². The molecule has 0 amide bonds. The zero-order valence-electron chi connectivity index (χ0n) is 5.62. The lowest BCUT2D eigenvalue weighted by Crippen LogP contribution is -2.01. The average Bonchev–Trinajstić information content (AvgIpc) is 2.32. The molecule has 1 rings (SSSR count). The van der Waals surface area contributed by atoms with E-state index in [9.17, 15) is 8.42 Å².